The molecule has 0 radical (unpaired) electrons. The van der Waals surface area contributed by atoms with E-state index in [1.807, 2.05) is 0 Å². The predicted octanol–water partition coefficient (Wildman–Crippen LogP) is 2.23. The van der Waals surface area contributed by atoms with Crippen molar-refractivity contribution in [2.24, 2.45) is 11.8 Å². The summed E-state index contributed by atoms with van der Waals surface area (Å²) in [6, 6.07) is 0. The highest BCUT2D eigenvalue weighted by Gasteiger charge is 2.53. The zero-order valence-electron chi connectivity index (χ0n) is 9.27. The first-order chi connectivity index (χ1) is 8.46. The SMILES string of the molecule is O=C1[C@@H](C(=O)C(F)(F)F)CCC[C@@H]1C(=O)C(F)(F)F. The fourth-order valence-corrected chi connectivity index (χ4v) is 1.97. The van der Waals surface area contributed by atoms with Crippen molar-refractivity contribution in [3.8, 4) is 0 Å². The van der Waals surface area contributed by atoms with Gasteiger partial charge in [-0.05, 0) is 12.8 Å². The van der Waals surface area contributed by atoms with Gasteiger partial charge in [-0.25, -0.2) is 0 Å². The predicted molar refractivity (Wildman–Crippen MR) is 48.0 cm³/mol. The quantitative estimate of drug-likeness (QED) is 0.579. The van der Waals surface area contributed by atoms with E-state index in [-0.39, 0.29) is 6.42 Å². The summed E-state index contributed by atoms with van der Waals surface area (Å²) in [6.07, 6.45) is -11.8. The summed E-state index contributed by atoms with van der Waals surface area (Å²) >= 11 is 0. The molecule has 1 saturated carbocycles. The van der Waals surface area contributed by atoms with Crippen LogP contribution in [0.3, 0.4) is 0 Å². The molecule has 1 aliphatic carbocycles. The lowest BCUT2D eigenvalue weighted by Crippen LogP contribution is -2.45. The number of hydrogen-bond donors (Lipinski definition) is 0. The first-order valence-corrected chi connectivity index (χ1v) is 5.22. The van der Waals surface area contributed by atoms with Crippen LogP contribution < -0.4 is 0 Å². The molecule has 0 bridgehead atoms. The fraction of sp³-hybridized carbons (Fsp3) is 0.700. The zero-order valence-corrected chi connectivity index (χ0v) is 9.27. The standard InChI is InChI=1S/C10H8F6O3/c11-9(12,13)7(18)4-2-1-3-5(6(4)17)8(19)10(14,15)16/h4-5H,1-3H2/t4-,5-/m0/s1. The molecule has 1 rings (SSSR count). The van der Waals surface area contributed by atoms with Gasteiger partial charge in [0, 0.05) is 0 Å². The summed E-state index contributed by atoms with van der Waals surface area (Å²) in [7, 11) is 0. The van der Waals surface area contributed by atoms with Gasteiger partial charge in [0.2, 0.25) is 11.6 Å². The van der Waals surface area contributed by atoms with Crippen molar-refractivity contribution in [1.82, 2.24) is 0 Å². The van der Waals surface area contributed by atoms with Crippen LogP contribution in [0.25, 0.3) is 0 Å². The number of hydrogen-bond acceptors (Lipinski definition) is 3. The minimum Gasteiger partial charge on any atom is -0.298 e. The van der Waals surface area contributed by atoms with Gasteiger partial charge in [0.1, 0.15) is 0 Å². The summed E-state index contributed by atoms with van der Waals surface area (Å²) < 4.78 is 73.0. The second kappa shape index (κ2) is 4.93. The van der Waals surface area contributed by atoms with Crippen LogP contribution in [0.1, 0.15) is 19.3 Å². The molecule has 2 atom stereocenters. The fourth-order valence-electron chi connectivity index (χ4n) is 1.97. The first kappa shape index (κ1) is 15.6. The van der Waals surface area contributed by atoms with Crippen LogP contribution >= 0.6 is 0 Å². The molecule has 0 amide bonds. The maximum absolute atomic E-state index is 12.2. The molecule has 0 N–H and O–H groups in total. The van der Waals surface area contributed by atoms with Crippen molar-refractivity contribution in [2.45, 2.75) is 31.6 Å². The smallest absolute Gasteiger partial charge is 0.298 e. The van der Waals surface area contributed by atoms with E-state index < -0.39 is 54.4 Å². The van der Waals surface area contributed by atoms with E-state index in [0.717, 1.165) is 0 Å². The molecule has 0 aliphatic heterocycles. The Labute approximate surface area is 102 Å². The van der Waals surface area contributed by atoms with Crippen molar-refractivity contribution >= 4 is 17.3 Å². The summed E-state index contributed by atoms with van der Waals surface area (Å²) in [5.74, 6) is -10.8. The van der Waals surface area contributed by atoms with Crippen LogP contribution in [0, 0.1) is 11.8 Å². The number of Topliss-reactive ketones (excluding diaryl/α,β-unsaturated/α-hetero) is 3. The Balaban J connectivity index is 2.95. The topological polar surface area (TPSA) is 51.2 Å². The van der Waals surface area contributed by atoms with Crippen molar-refractivity contribution in [2.75, 3.05) is 0 Å². The van der Waals surface area contributed by atoms with Gasteiger partial charge >= 0.3 is 12.4 Å². The minimum atomic E-state index is -5.30. The van der Waals surface area contributed by atoms with Crippen molar-refractivity contribution in [3.63, 3.8) is 0 Å². The van der Waals surface area contributed by atoms with E-state index in [1.54, 1.807) is 0 Å². The molecular weight excluding hydrogens is 282 g/mol. The van der Waals surface area contributed by atoms with E-state index in [1.165, 1.54) is 0 Å². The molecule has 0 aromatic rings. The monoisotopic (exact) mass is 290 g/mol. The molecular formula is C10H8F6O3. The number of ketones is 3. The lowest BCUT2D eigenvalue weighted by molar-refractivity contribution is -0.183. The van der Waals surface area contributed by atoms with E-state index >= 15 is 0 Å². The van der Waals surface area contributed by atoms with Crippen LogP contribution in [0.4, 0.5) is 26.3 Å². The van der Waals surface area contributed by atoms with E-state index in [0.29, 0.717) is 0 Å². The third-order valence-corrected chi connectivity index (χ3v) is 2.86. The Kier molecular flexibility index (Phi) is 4.06. The van der Waals surface area contributed by atoms with E-state index in [2.05, 4.69) is 0 Å². The van der Waals surface area contributed by atoms with E-state index in [9.17, 15) is 40.7 Å². The van der Waals surface area contributed by atoms with Crippen molar-refractivity contribution in [1.29, 1.82) is 0 Å². The Morgan fingerprint density at radius 1 is 0.842 bits per heavy atom. The van der Waals surface area contributed by atoms with Gasteiger partial charge < -0.3 is 0 Å². The van der Waals surface area contributed by atoms with Crippen LogP contribution in [0.2, 0.25) is 0 Å². The largest absolute Gasteiger partial charge is 0.450 e. The van der Waals surface area contributed by atoms with Gasteiger partial charge in [-0.1, -0.05) is 6.42 Å². The summed E-state index contributed by atoms with van der Waals surface area (Å²) in [5.41, 5.74) is 0. The molecule has 108 valence electrons. The Bertz CT molecular complexity index is 372. The number of rotatable bonds is 2. The Morgan fingerprint density at radius 2 is 1.16 bits per heavy atom. The third-order valence-electron chi connectivity index (χ3n) is 2.86. The van der Waals surface area contributed by atoms with Gasteiger partial charge in [0.25, 0.3) is 0 Å². The highest BCUT2D eigenvalue weighted by Crippen LogP contribution is 2.35. The van der Waals surface area contributed by atoms with Gasteiger partial charge in [0.05, 0.1) is 11.8 Å². The molecule has 0 unspecified atom stereocenters. The maximum Gasteiger partial charge on any atom is 0.450 e. The molecule has 0 saturated heterocycles. The second-order valence-electron chi connectivity index (χ2n) is 4.16. The normalized spacial score (nSPS) is 25.3. The molecule has 1 fully saturated rings. The van der Waals surface area contributed by atoms with Gasteiger partial charge in [-0.15, -0.1) is 0 Å². The second-order valence-corrected chi connectivity index (χ2v) is 4.16. The van der Waals surface area contributed by atoms with Crippen molar-refractivity contribution in [3.05, 3.63) is 0 Å². The van der Waals surface area contributed by atoms with E-state index in [4.69, 9.17) is 0 Å². The summed E-state index contributed by atoms with van der Waals surface area (Å²) in [4.78, 5) is 33.3. The van der Waals surface area contributed by atoms with Gasteiger partial charge in [-0.2, -0.15) is 26.3 Å². The molecule has 1 aliphatic rings. The van der Waals surface area contributed by atoms with Crippen LogP contribution in [0.15, 0.2) is 0 Å². The minimum absolute atomic E-state index is 0.218. The molecule has 9 heteroatoms. The number of alkyl halides is 6. The first-order valence-electron chi connectivity index (χ1n) is 5.22. The lowest BCUT2D eigenvalue weighted by atomic mass is 9.76. The third kappa shape index (κ3) is 3.32. The average molecular weight is 290 g/mol. The Hall–Kier alpha value is -1.41. The molecule has 0 heterocycles. The van der Waals surface area contributed by atoms with Crippen LogP contribution in [-0.4, -0.2) is 29.7 Å². The zero-order chi connectivity index (χ0) is 15.0. The lowest BCUT2D eigenvalue weighted by Gasteiger charge is -2.26. The summed E-state index contributed by atoms with van der Waals surface area (Å²) in [6.45, 7) is 0. The van der Waals surface area contributed by atoms with Crippen molar-refractivity contribution < 1.29 is 40.7 Å². The highest BCUT2D eigenvalue weighted by atomic mass is 19.4. The summed E-state index contributed by atoms with van der Waals surface area (Å²) in [5, 5.41) is 0. The van der Waals surface area contributed by atoms with Crippen LogP contribution in [-0.2, 0) is 14.4 Å². The number of carbonyl (C=O) groups excluding carboxylic acids is 3. The Morgan fingerprint density at radius 3 is 1.42 bits per heavy atom. The van der Waals surface area contributed by atoms with Gasteiger partial charge in [-0.3, -0.25) is 14.4 Å². The molecule has 3 nitrogen and oxygen atoms in total. The number of carbonyl (C=O) groups is 3. The maximum atomic E-state index is 12.2. The number of halogens is 6. The molecule has 0 aromatic heterocycles. The molecule has 0 aromatic carbocycles. The van der Waals surface area contributed by atoms with Crippen LogP contribution in [0.5, 0.6) is 0 Å². The highest BCUT2D eigenvalue weighted by molar-refractivity contribution is 6.14. The average Bonchev–Trinajstić information content (AvgIpc) is 2.25. The molecule has 19 heavy (non-hydrogen) atoms. The molecule has 0 spiro atoms. The van der Waals surface area contributed by atoms with Gasteiger partial charge in [0.15, 0.2) is 5.78 Å².